The van der Waals surface area contributed by atoms with Crippen LogP contribution in [0.3, 0.4) is 0 Å². The molecule has 1 aromatic heterocycles. The lowest BCUT2D eigenvalue weighted by Gasteiger charge is -2.19. The molecule has 0 aliphatic heterocycles. The number of methoxy groups -OCH3 is 1. The van der Waals surface area contributed by atoms with Gasteiger partial charge in [0.25, 0.3) is 0 Å². The van der Waals surface area contributed by atoms with Gasteiger partial charge in [0, 0.05) is 10.7 Å². The number of hydrazine groups is 1. The molecule has 1 aromatic carbocycles. The molecule has 0 radical (unpaired) electrons. The van der Waals surface area contributed by atoms with Crippen LogP contribution < -0.4 is 16.0 Å². The largest absolute Gasteiger partial charge is 0.496 e. The Bertz CT molecular complexity index is 589. The summed E-state index contributed by atoms with van der Waals surface area (Å²) in [6.45, 7) is 2.03. The van der Waals surface area contributed by atoms with Crippen molar-refractivity contribution in [1.29, 1.82) is 0 Å². The predicted octanol–water partition coefficient (Wildman–Crippen LogP) is 2.91. The molecular formula is C15H18BrN3O. The van der Waals surface area contributed by atoms with Crippen LogP contribution in [0.2, 0.25) is 0 Å². The Hall–Kier alpha value is -1.43. The van der Waals surface area contributed by atoms with Crippen molar-refractivity contribution in [2.45, 2.75) is 19.4 Å². The van der Waals surface area contributed by atoms with Gasteiger partial charge >= 0.3 is 0 Å². The molecule has 0 fully saturated rings. The highest BCUT2D eigenvalue weighted by Gasteiger charge is 2.16. The number of hydrogen-bond donors (Lipinski definition) is 2. The highest BCUT2D eigenvalue weighted by atomic mass is 79.9. The van der Waals surface area contributed by atoms with Gasteiger partial charge in [-0.2, -0.15) is 0 Å². The Labute approximate surface area is 127 Å². The number of aryl methyl sites for hydroxylation is 1. The minimum Gasteiger partial charge on any atom is -0.496 e. The van der Waals surface area contributed by atoms with Crippen molar-refractivity contribution in [2.75, 3.05) is 7.11 Å². The zero-order valence-corrected chi connectivity index (χ0v) is 13.1. The van der Waals surface area contributed by atoms with Gasteiger partial charge < -0.3 is 4.74 Å². The molecule has 106 valence electrons. The Kier molecular flexibility index (Phi) is 5.11. The molecule has 1 unspecified atom stereocenters. The summed E-state index contributed by atoms with van der Waals surface area (Å²) in [6, 6.07) is 9.84. The number of benzene rings is 1. The van der Waals surface area contributed by atoms with E-state index in [4.69, 9.17) is 10.6 Å². The highest BCUT2D eigenvalue weighted by molar-refractivity contribution is 9.10. The van der Waals surface area contributed by atoms with E-state index in [1.807, 2.05) is 37.3 Å². The molecule has 0 spiro atoms. The molecule has 2 aromatic rings. The van der Waals surface area contributed by atoms with E-state index in [0.29, 0.717) is 6.42 Å². The van der Waals surface area contributed by atoms with Gasteiger partial charge in [0.15, 0.2) is 0 Å². The van der Waals surface area contributed by atoms with E-state index in [9.17, 15) is 0 Å². The Balaban J connectivity index is 2.31. The van der Waals surface area contributed by atoms with Crippen molar-refractivity contribution in [2.24, 2.45) is 5.84 Å². The van der Waals surface area contributed by atoms with Gasteiger partial charge in [-0.25, -0.2) is 0 Å². The van der Waals surface area contributed by atoms with Crippen LogP contribution >= 0.6 is 15.9 Å². The first-order chi connectivity index (χ1) is 9.65. The first-order valence-corrected chi connectivity index (χ1v) is 7.15. The molecule has 0 saturated heterocycles. The number of rotatable bonds is 5. The standard InChI is InChI=1S/C15H18BrN3O/c1-10-4-3-7-18-15(10)13(19-17)9-11-8-12(16)5-6-14(11)20-2/h3-8,13,19H,9,17H2,1-2H3. The third-order valence-electron chi connectivity index (χ3n) is 3.25. The van der Waals surface area contributed by atoms with Crippen molar-refractivity contribution in [3.63, 3.8) is 0 Å². The van der Waals surface area contributed by atoms with Crippen molar-refractivity contribution < 1.29 is 4.74 Å². The van der Waals surface area contributed by atoms with Gasteiger partial charge in [0.2, 0.25) is 0 Å². The van der Waals surface area contributed by atoms with Crippen molar-refractivity contribution in [3.05, 3.63) is 57.8 Å². The lowest BCUT2D eigenvalue weighted by Crippen LogP contribution is -2.31. The van der Waals surface area contributed by atoms with E-state index in [0.717, 1.165) is 27.0 Å². The third-order valence-corrected chi connectivity index (χ3v) is 3.74. The topological polar surface area (TPSA) is 60.2 Å². The first kappa shape index (κ1) is 15.0. The smallest absolute Gasteiger partial charge is 0.122 e. The molecule has 0 bridgehead atoms. The van der Waals surface area contributed by atoms with E-state index in [1.165, 1.54) is 0 Å². The predicted molar refractivity (Wildman–Crippen MR) is 83.4 cm³/mol. The normalized spacial score (nSPS) is 12.2. The van der Waals surface area contributed by atoms with E-state index in [2.05, 4.69) is 26.3 Å². The Morgan fingerprint density at radius 1 is 1.40 bits per heavy atom. The van der Waals surface area contributed by atoms with Crippen molar-refractivity contribution in [3.8, 4) is 5.75 Å². The molecule has 3 N–H and O–H groups in total. The van der Waals surface area contributed by atoms with Gasteiger partial charge in [-0.15, -0.1) is 0 Å². The van der Waals surface area contributed by atoms with Crippen LogP contribution in [0.15, 0.2) is 41.0 Å². The summed E-state index contributed by atoms with van der Waals surface area (Å²) in [4.78, 5) is 4.43. The summed E-state index contributed by atoms with van der Waals surface area (Å²) in [5, 5.41) is 0. The summed E-state index contributed by atoms with van der Waals surface area (Å²) in [5.41, 5.74) is 5.99. The fourth-order valence-electron chi connectivity index (χ4n) is 2.22. The molecule has 1 atom stereocenters. The van der Waals surface area contributed by atoms with Gasteiger partial charge in [-0.3, -0.25) is 16.3 Å². The molecule has 0 aliphatic carbocycles. The second kappa shape index (κ2) is 6.83. The highest BCUT2D eigenvalue weighted by Crippen LogP contribution is 2.28. The molecule has 0 amide bonds. The second-order valence-electron chi connectivity index (χ2n) is 4.59. The van der Waals surface area contributed by atoms with Crippen LogP contribution in [0.5, 0.6) is 5.75 Å². The van der Waals surface area contributed by atoms with E-state index >= 15 is 0 Å². The molecule has 0 saturated carbocycles. The number of ether oxygens (including phenoxy) is 1. The number of pyridine rings is 1. The average molecular weight is 336 g/mol. The van der Waals surface area contributed by atoms with Gasteiger partial charge in [0.1, 0.15) is 5.75 Å². The van der Waals surface area contributed by atoms with Gasteiger partial charge in [0.05, 0.1) is 18.8 Å². The summed E-state index contributed by atoms with van der Waals surface area (Å²) in [6.07, 6.45) is 2.49. The maximum Gasteiger partial charge on any atom is 0.122 e. The zero-order chi connectivity index (χ0) is 14.5. The molecular weight excluding hydrogens is 318 g/mol. The minimum absolute atomic E-state index is 0.0561. The average Bonchev–Trinajstić information content (AvgIpc) is 2.46. The number of halogens is 1. The van der Waals surface area contributed by atoms with Crippen LogP contribution in [0, 0.1) is 6.92 Å². The maximum atomic E-state index is 5.71. The van der Waals surface area contributed by atoms with Crippen LogP contribution in [0.25, 0.3) is 0 Å². The summed E-state index contributed by atoms with van der Waals surface area (Å²) in [5.74, 6) is 6.56. The summed E-state index contributed by atoms with van der Waals surface area (Å²) in [7, 11) is 1.67. The molecule has 5 heteroatoms. The monoisotopic (exact) mass is 335 g/mol. The fraction of sp³-hybridized carbons (Fsp3) is 0.267. The van der Waals surface area contributed by atoms with Crippen LogP contribution in [0.4, 0.5) is 0 Å². The lowest BCUT2D eigenvalue weighted by molar-refractivity contribution is 0.405. The Morgan fingerprint density at radius 3 is 2.85 bits per heavy atom. The van der Waals surface area contributed by atoms with E-state index in [1.54, 1.807) is 13.3 Å². The number of nitrogens with two attached hydrogens (primary N) is 1. The molecule has 4 nitrogen and oxygen atoms in total. The van der Waals surface area contributed by atoms with Crippen LogP contribution in [-0.4, -0.2) is 12.1 Å². The van der Waals surface area contributed by atoms with Gasteiger partial charge in [-0.1, -0.05) is 22.0 Å². The Morgan fingerprint density at radius 2 is 2.20 bits per heavy atom. The number of aromatic nitrogens is 1. The second-order valence-corrected chi connectivity index (χ2v) is 5.50. The molecule has 2 rings (SSSR count). The van der Waals surface area contributed by atoms with Crippen LogP contribution in [0.1, 0.15) is 22.9 Å². The minimum atomic E-state index is -0.0561. The number of nitrogens with zero attached hydrogens (tertiary/aromatic N) is 1. The fourth-order valence-corrected chi connectivity index (χ4v) is 2.63. The van der Waals surface area contributed by atoms with E-state index in [-0.39, 0.29) is 6.04 Å². The van der Waals surface area contributed by atoms with Crippen molar-refractivity contribution >= 4 is 15.9 Å². The summed E-state index contributed by atoms with van der Waals surface area (Å²) < 4.78 is 6.42. The maximum absolute atomic E-state index is 5.71. The van der Waals surface area contributed by atoms with Gasteiger partial charge in [-0.05, 0) is 48.7 Å². The quantitative estimate of drug-likeness (QED) is 0.651. The van der Waals surface area contributed by atoms with Crippen molar-refractivity contribution in [1.82, 2.24) is 10.4 Å². The number of hydrogen-bond acceptors (Lipinski definition) is 4. The molecule has 0 aliphatic rings. The molecule has 1 heterocycles. The molecule has 20 heavy (non-hydrogen) atoms. The first-order valence-electron chi connectivity index (χ1n) is 6.35. The SMILES string of the molecule is COc1ccc(Br)cc1CC(NN)c1ncccc1C. The zero-order valence-electron chi connectivity index (χ0n) is 11.6. The van der Waals surface area contributed by atoms with E-state index < -0.39 is 0 Å². The lowest BCUT2D eigenvalue weighted by atomic mass is 10.00. The summed E-state index contributed by atoms with van der Waals surface area (Å²) >= 11 is 3.49. The number of nitrogens with one attached hydrogen (secondary N) is 1. The third kappa shape index (κ3) is 3.36. The van der Waals surface area contributed by atoms with Crippen LogP contribution in [-0.2, 0) is 6.42 Å².